The highest BCUT2D eigenvalue weighted by molar-refractivity contribution is 6.23. The molecule has 15 heteroatoms. The summed E-state index contributed by atoms with van der Waals surface area (Å²) in [5.41, 5.74) is 10.6. The monoisotopic (exact) mass is 822 g/mol. The van der Waals surface area contributed by atoms with Gasteiger partial charge in [-0.15, -0.1) is 0 Å². The van der Waals surface area contributed by atoms with Crippen LogP contribution in [0.25, 0.3) is 22.3 Å². The molecule has 61 heavy (non-hydrogen) atoms. The number of piperidine rings is 4. The predicted molar refractivity (Wildman–Crippen MR) is 229 cm³/mol. The highest BCUT2D eigenvalue weighted by Crippen LogP contribution is 2.37. The zero-order valence-corrected chi connectivity index (χ0v) is 34.1. The van der Waals surface area contributed by atoms with Crippen molar-refractivity contribution in [3.05, 3.63) is 90.3 Å². The van der Waals surface area contributed by atoms with Crippen LogP contribution >= 0.6 is 0 Å². The van der Waals surface area contributed by atoms with E-state index in [2.05, 4.69) is 29.7 Å². The first-order chi connectivity index (χ1) is 29.8. The number of nitrogens with zero attached hydrogens (tertiary/aromatic N) is 8. The van der Waals surface area contributed by atoms with Gasteiger partial charge in [-0.2, -0.15) is 5.10 Å². The number of nitrogens with one attached hydrogen (secondary N) is 1. The summed E-state index contributed by atoms with van der Waals surface area (Å²) >= 11 is 0. The van der Waals surface area contributed by atoms with E-state index < -0.39 is 23.8 Å². The molecule has 2 aromatic heterocycles. The van der Waals surface area contributed by atoms with Crippen molar-refractivity contribution in [3.63, 3.8) is 0 Å². The largest absolute Gasteiger partial charge is 0.457 e. The SMILES string of the molecule is Nc1ncnc2c1c(-c1ccc(Oc3ccccc3)cc1)nn2C1CCCN(C2CCN(CC3CCN(c4ccc5c(c4)C(=O)N(C4CCC(=O)NC4=O)C5=O)CC3)CC2)C1. The Morgan fingerprint density at radius 3 is 2.28 bits per heavy atom. The normalized spacial score (nSPS) is 22.2. The molecular weight excluding hydrogens is 773 g/mol. The van der Waals surface area contributed by atoms with Gasteiger partial charge in [0.25, 0.3) is 11.8 Å². The quantitative estimate of drug-likeness (QED) is 0.185. The number of hydrogen-bond acceptors (Lipinski definition) is 12. The van der Waals surface area contributed by atoms with E-state index in [-0.39, 0.29) is 24.8 Å². The number of carbonyl (C=O) groups is 4. The van der Waals surface area contributed by atoms with E-state index in [0.717, 1.165) is 129 Å². The number of imide groups is 2. The topological polar surface area (TPSA) is 172 Å². The molecule has 15 nitrogen and oxygen atoms in total. The van der Waals surface area contributed by atoms with E-state index >= 15 is 0 Å². The van der Waals surface area contributed by atoms with Crippen LogP contribution in [0.3, 0.4) is 0 Å². The average Bonchev–Trinajstić information content (AvgIpc) is 3.80. The number of para-hydroxylation sites is 1. The molecule has 5 aromatic rings. The van der Waals surface area contributed by atoms with Gasteiger partial charge in [0.15, 0.2) is 5.65 Å². The number of aromatic nitrogens is 4. The summed E-state index contributed by atoms with van der Waals surface area (Å²) in [5, 5.41) is 8.23. The third kappa shape index (κ3) is 7.61. The predicted octanol–water partition coefficient (Wildman–Crippen LogP) is 5.29. The van der Waals surface area contributed by atoms with Crippen LogP contribution in [0, 0.1) is 5.92 Å². The molecule has 3 N–H and O–H groups in total. The van der Waals surface area contributed by atoms with Crippen molar-refractivity contribution in [2.45, 2.75) is 69.5 Å². The minimum Gasteiger partial charge on any atom is -0.457 e. The Morgan fingerprint density at radius 1 is 0.754 bits per heavy atom. The maximum atomic E-state index is 13.4. The number of carbonyl (C=O) groups excluding carboxylic acids is 4. The van der Waals surface area contributed by atoms with Crippen LogP contribution in [-0.4, -0.2) is 116 Å². The van der Waals surface area contributed by atoms with Gasteiger partial charge in [0.2, 0.25) is 11.8 Å². The Bertz CT molecular complexity index is 2480. The fraction of sp³-hybridized carbons (Fsp3) is 0.413. The highest BCUT2D eigenvalue weighted by Gasteiger charge is 2.45. The van der Waals surface area contributed by atoms with Crippen molar-refractivity contribution in [3.8, 4) is 22.8 Å². The van der Waals surface area contributed by atoms with Crippen molar-refractivity contribution in [1.29, 1.82) is 0 Å². The fourth-order valence-electron chi connectivity index (χ4n) is 10.1. The first kappa shape index (κ1) is 39.0. The molecule has 10 rings (SSSR count). The summed E-state index contributed by atoms with van der Waals surface area (Å²) in [4.78, 5) is 68.4. The number of ether oxygens (including phenoxy) is 1. The van der Waals surface area contributed by atoms with Crippen LogP contribution in [0.4, 0.5) is 11.5 Å². The minimum atomic E-state index is -0.962. The van der Waals surface area contributed by atoms with E-state index in [0.29, 0.717) is 28.9 Å². The molecule has 2 atom stereocenters. The first-order valence-electron chi connectivity index (χ1n) is 21.7. The number of benzene rings is 3. The molecule has 0 spiro atoms. The molecule has 4 saturated heterocycles. The van der Waals surface area contributed by atoms with Crippen LogP contribution in [-0.2, 0) is 9.59 Å². The zero-order valence-electron chi connectivity index (χ0n) is 34.1. The van der Waals surface area contributed by atoms with Gasteiger partial charge in [-0.25, -0.2) is 14.6 Å². The van der Waals surface area contributed by atoms with Crippen molar-refractivity contribution < 1.29 is 23.9 Å². The molecule has 0 aliphatic carbocycles. The number of anilines is 2. The highest BCUT2D eigenvalue weighted by atomic mass is 16.5. The zero-order chi connectivity index (χ0) is 41.6. The van der Waals surface area contributed by atoms with Crippen LogP contribution < -0.4 is 20.7 Å². The summed E-state index contributed by atoms with van der Waals surface area (Å²) in [6.45, 7) is 7.01. The Labute approximate surface area is 353 Å². The molecule has 4 amide bonds. The van der Waals surface area contributed by atoms with Crippen molar-refractivity contribution in [1.82, 2.24) is 39.8 Å². The number of amides is 4. The van der Waals surface area contributed by atoms with E-state index in [9.17, 15) is 19.2 Å². The van der Waals surface area contributed by atoms with Crippen LogP contribution in [0.5, 0.6) is 11.5 Å². The lowest BCUT2D eigenvalue weighted by Gasteiger charge is -2.43. The first-order valence-corrected chi connectivity index (χ1v) is 21.7. The standard InChI is InChI=1S/C46H50N10O5/c47-42-40-41(30-8-11-35(12-9-30)61-34-6-2-1-3-7-34)51-56(43(40)49-28-48-42)33-5-4-20-54(27-33)31-18-21-52(22-19-31)26-29-16-23-53(24-17-29)32-10-13-36-37(25-32)46(60)55(45(36)59)38-14-15-39(57)50-44(38)58/h1-3,6-13,25,28-29,31,33,38H,4-5,14-24,26-27H2,(H2,47,48,49)(H,50,57,58). The number of fused-ring (bicyclic) bond motifs is 2. The molecule has 3 aromatic carbocycles. The average molecular weight is 823 g/mol. The second kappa shape index (κ2) is 16.3. The smallest absolute Gasteiger partial charge is 0.262 e. The summed E-state index contributed by atoms with van der Waals surface area (Å²) in [7, 11) is 0. The maximum absolute atomic E-state index is 13.4. The number of rotatable bonds is 9. The number of hydrogen-bond donors (Lipinski definition) is 2. The van der Waals surface area contributed by atoms with Crippen LogP contribution in [0.1, 0.15) is 78.1 Å². The van der Waals surface area contributed by atoms with E-state index in [1.165, 1.54) is 6.33 Å². The lowest BCUT2D eigenvalue weighted by atomic mass is 9.93. The Hall–Kier alpha value is -6.19. The molecule has 0 saturated carbocycles. The molecule has 4 fully saturated rings. The van der Waals surface area contributed by atoms with Gasteiger partial charge >= 0.3 is 0 Å². The Kier molecular flexibility index (Phi) is 10.4. The third-order valence-corrected chi connectivity index (χ3v) is 13.4. The summed E-state index contributed by atoms with van der Waals surface area (Å²) < 4.78 is 8.13. The van der Waals surface area contributed by atoms with Gasteiger partial charge in [-0.1, -0.05) is 18.2 Å². The van der Waals surface area contributed by atoms with E-state index in [1.54, 1.807) is 12.1 Å². The van der Waals surface area contributed by atoms with Crippen molar-refractivity contribution >= 4 is 46.2 Å². The van der Waals surface area contributed by atoms with E-state index in [1.807, 2.05) is 60.7 Å². The molecule has 5 aliphatic rings. The van der Waals surface area contributed by atoms with Crippen molar-refractivity contribution in [2.24, 2.45) is 5.92 Å². The molecule has 5 aliphatic heterocycles. The Balaban J connectivity index is 0.731. The van der Waals surface area contributed by atoms with Gasteiger partial charge in [-0.05, 0) is 125 Å². The van der Waals surface area contributed by atoms with Crippen molar-refractivity contribution in [2.75, 3.05) is 56.4 Å². The molecule has 2 unspecified atom stereocenters. The van der Waals surface area contributed by atoms with Crippen LogP contribution in [0.15, 0.2) is 79.1 Å². The maximum Gasteiger partial charge on any atom is 0.262 e. The number of nitrogens with two attached hydrogens (primary N) is 1. The molecule has 0 radical (unpaired) electrons. The third-order valence-electron chi connectivity index (χ3n) is 13.4. The van der Waals surface area contributed by atoms with Gasteiger partial charge in [-0.3, -0.25) is 34.3 Å². The summed E-state index contributed by atoms with van der Waals surface area (Å²) in [6.07, 6.45) is 8.30. The number of likely N-dealkylation sites (tertiary alicyclic amines) is 2. The molecule has 314 valence electrons. The molecular formula is C46H50N10O5. The number of nitrogen functional groups attached to an aromatic ring is 1. The van der Waals surface area contributed by atoms with Gasteiger partial charge < -0.3 is 20.3 Å². The molecule has 0 bridgehead atoms. The van der Waals surface area contributed by atoms with Gasteiger partial charge in [0.1, 0.15) is 35.4 Å². The summed E-state index contributed by atoms with van der Waals surface area (Å²) in [6, 6.07) is 22.8. The van der Waals surface area contributed by atoms with Gasteiger partial charge in [0.05, 0.1) is 22.6 Å². The lowest BCUT2D eigenvalue weighted by Crippen LogP contribution is -2.54. The minimum absolute atomic E-state index is 0.101. The van der Waals surface area contributed by atoms with Gasteiger partial charge in [0, 0.05) is 49.9 Å². The lowest BCUT2D eigenvalue weighted by molar-refractivity contribution is -0.136. The second-order valence-electron chi connectivity index (χ2n) is 17.1. The fourth-order valence-corrected chi connectivity index (χ4v) is 10.1. The van der Waals surface area contributed by atoms with E-state index in [4.69, 9.17) is 20.6 Å². The summed E-state index contributed by atoms with van der Waals surface area (Å²) in [5.74, 6) is 0.638. The van der Waals surface area contributed by atoms with Crippen LogP contribution in [0.2, 0.25) is 0 Å². The molecule has 7 heterocycles. The second-order valence-corrected chi connectivity index (χ2v) is 17.1. The Morgan fingerprint density at radius 2 is 1.51 bits per heavy atom.